The highest BCUT2D eigenvalue weighted by molar-refractivity contribution is 5.75. The molecular formula is C12H24O. The smallest absolute Gasteiger partial charge is 0.129 e. The molecule has 0 fully saturated rings. The molecule has 0 aliphatic carbocycles. The molecule has 78 valence electrons. The van der Waals surface area contributed by atoms with Crippen LogP contribution < -0.4 is 0 Å². The summed E-state index contributed by atoms with van der Waals surface area (Å²) in [5.41, 5.74) is 0. The van der Waals surface area contributed by atoms with Crippen LogP contribution in [0.1, 0.15) is 65.7 Å². The molecule has 1 atom stereocenters. The molecule has 0 N–H and O–H groups in total. The minimum Gasteiger partial charge on any atom is -0.300 e. The van der Waals surface area contributed by atoms with Crippen molar-refractivity contribution in [2.24, 2.45) is 5.92 Å². The molecule has 0 heterocycles. The maximum Gasteiger partial charge on any atom is 0.129 e. The van der Waals surface area contributed by atoms with Crippen molar-refractivity contribution in [2.45, 2.75) is 65.7 Å². The topological polar surface area (TPSA) is 17.1 Å². The second-order valence-corrected chi connectivity index (χ2v) is 4.01. The quantitative estimate of drug-likeness (QED) is 0.522. The van der Waals surface area contributed by atoms with E-state index < -0.39 is 0 Å². The molecule has 0 rings (SSSR count). The molecule has 0 saturated carbocycles. The Morgan fingerprint density at radius 1 is 1.15 bits per heavy atom. The Morgan fingerprint density at radius 3 is 2.31 bits per heavy atom. The zero-order chi connectivity index (χ0) is 10.1. The van der Waals surface area contributed by atoms with Gasteiger partial charge in [-0.2, -0.15) is 0 Å². The standard InChI is InChI=1S/C12H24O/c1-4-8-12(5-2)10-7-6-9-11(3)13/h12H,4-10H2,1-3H3. The lowest BCUT2D eigenvalue weighted by Crippen LogP contribution is -1.99. The maximum atomic E-state index is 10.7. The van der Waals surface area contributed by atoms with Crippen LogP contribution in [0.15, 0.2) is 0 Å². The first-order valence-electron chi connectivity index (χ1n) is 5.70. The number of hydrogen-bond donors (Lipinski definition) is 0. The number of hydrogen-bond acceptors (Lipinski definition) is 1. The van der Waals surface area contributed by atoms with Crippen LogP contribution in [0.25, 0.3) is 0 Å². The lowest BCUT2D eigenvalue weighted by Gasteiger charge is -2.12. The van der Waals surface area contributed by atoms with Crippen LogP contribution in [-0.4, -0.2) is 5.78 Å². The summed E-state index contributed by atoms with van der Waals surface area (Å²) in [7, 11) is 0. The summed E-state index contributed by atoms with van der Waals surface area (Å²) in [5.74, 6) is 1.24. The van der Waals surface area contributed by atoms with Crippen molar-refractivity contribution in [1.82, 2.24) is 0 Å². The number of rotatable bonds is 8. The van der Waals surface area contributed by atoms with Gasteiger partial charge in [0.05, 0.1) is 0 Å². The third kappa shape index (κ3) is 8.01. The van der Waals surface area contributed by atoms with E-state index in [4.69, 9.17) is 0 Å². The predicted octanol–water partition coefficient (Wildman–Crippen LogP) is 3.96. The Kier molecular flexibility index (Phi) is 8.07. The molecule has 0 bridgehead atoms. The molecular weight excluding hydrogens is 160 g/mol. The largest absolute Gasteiger partial charge is 0.300 e. The number of Topliss-reactive ketones (excluding diaryl/α,β-unsaturated/α-hetero) is 1. The molecule has 0 amide bonds. The van der Waals surface area contributed by atoms with Crippen LogP contribution >= 0.6 is 0 Å². The average molecular weight is 184 g/mol. The van der Waals surface area contributed by atoms with Crippen molar-refractivity contribution in [3.8, 4) is 0 Å². The molecule has 1 heteroatoms. The summed E-state index contributed by atoms with van der Waals surface area (Å²) in [6.45, 7) is 6.20. The van der Waals surface area contributed by atoms with E-state index in [-0.39, 0.29) is 0 Å². The lowest BCUT2D eigenvalue weighted by atomic mass is 9.94. The number of carbonyl (C=O) groups excluding carboxylic acids is 1. The number of carbonyl (C=O) groups is 1. The molecule has 0 aromatic carbocycles. The first-order chi connectivity index (χ1) is 6.20. The molecule has 1 unspecified atom stereocenters. The van der Waals surface area contributed by atoms with Crippen molar-refractivity contribution in [3.63, 3.8) is 0 Å². The van der Waals surface area contributed by atoms with Gasteiger partial charge < -0.3 is 4.79 Å². The van der Waals surface area contributed by atoms with E-state index in [1.165, 1.54) is 32.1 Å². The molecule has 0 spiro atoms. The van der Waals surface area contributed by atoms with Gasteiger partial charge in [0, 0.05) is 6.42 Å². The van der Waals surface area contributed by atoms with Crippen molar-refractivity contribution in [1.29, 1.82) is 0 Å². The summed E-state index contributed by atoms with van der Waals surface area (Å²) < 4.78 is 0. The molecule has 1 nitrogen and oxygen atoms in total. The SMILES string of the molecule is CCCC(CC)CCCCC(C)=O. The predicted molar refractivity (Wildman–Crippen MR) is 57.8 cm³/mol. The van der Waals surface area contributed by atoms with Gasteiger partial charge in [-0.15, -0.1) is 0 Å². The summed E-state index contributed by atoms with van der Waals surface area (Å²) in [5, 5.41) is 0. The highest BCUT2D eigenvalue weighted by atomic mass is 16.1. The van der Waals surface area contributed by atoms with Gasteiger partial charge in [-0.25, -0.2) is 0 Å². The third-order valence-corrected chi connectivity index (χ3v) is 2.67. The molecule has 0 saturated heterocycles. The van der Waals surface area contributed by atoms with E-state index >= 15 is 0 Å². The van der Waals surface area contributed by atoms with Gasteiger partial charge in [-0.3, -0.25) is 0 Å². The van der Waals surface area contributed by atoms with E-state index in [2.05, 4.69) is 13.8 Å². The van der Waals surface area contributed by atoms with E-state index in [0.717, 1.165) is 18.8 Å². The minimum absolute atomic E-state index is 0.337. The van der Waals surface area contributed by atoms with Crippen molar-refractivity contribution in [2.75, 3.05) is 0 Å². The first kappa shape index (κ1) is 12.7. The zero-order valence-corrected chi connectivity index (χ0v) is 9.44. The Labute approximate surface area is 82.9 Å². The van der Waals surface area contributed by atoms with Gasteiger partial charge in [-0.1, -0.05) is 46.0 Å². The minimum atomic E-state index is 0.337. The fraction of sp³-hybridized carbons (Fsp3) is 0.917. The van der Waals surface area contributed by atoms with Gasteiger partial charge >= 0.3 is 0 Å². The monoisotopic (exact) mass is 184 g/mol. The second kappa shape index (κ2) is 8.28. The fourth-order valence-electron chi connectivity index (χ4n) is 1.77. The van der Waals surface area contributed by atoms with Crippen LogP contribution in [0.4, 0.5) is 0 Å². The van der Waals surface area contributed by atoms with E-state index in [1.807, 2.05) is 0 Å². The second-order valence-electron chi connectivity index (χ2n) is 4.01. The Bertz CT molecular complexity index is 129. The third-order valence-electron chi connectivity index (χ3n) is 2.67. The summed E-state index contributed by atoms with van der Waals surface area (Å²) in [4.78, 5) is 10.7. The van der Waals surface area contributed by atoms with Crippen LogP contribution in [0.3, 0.4) is 0 Å². The van der Waals surface area contributed by atoms with Crippen LogP contribution in [0.2, 0.25) is 0 Å². The zero-order valence-electron chi connectivity index (χ0n) is 9.44. The molecule has 13 heavy (non-hydrogen) atoms. The first-order valence-corrected chi connectivity index (χ1v) is 5.70. The maximum absolute atomic E-state index is 10.7. The molecule has 0 aromatic rings. The lowest BCUT2D eigenvalue weighted by molar-refractivity contribution is -0.117. The number of unbranched alkanes of at least 4 members (excludes halogenated alkanes) is 1. The summed E-state index contributed by atoms with van der Waals surface area (Å²) in [6, 6.07) is 0. The fourth-order valence-corrected chi connectivity index (χ4v) is 1.77. The normalized spacial score (nSPS) is 12.8. The summed E-state index contributed by atoms with van der Waals surface area (Å²) in [6.07, 6.45) is 8.38. The van der Waals surface area contributed by atoms with Gasteiger partial charge in [0.1, 0.15) is 5.78 Å². The highest BCUT2D eigenvalue weighted by Gasteiger charge is 2.04. The molecule has 0 radical (unpaired) electrons. The van der Waals surface area contributed by atoms with E-state index in [0.29, 0.717) is 5.78 Å². The summed E-state index contributed by atoms with van der Waals surface area (Å²) >= 11 is 0. The molecule has 0 aromatic heterocycles. The van der Waals surface area contributed by atoms with Gasteiger partial charge in [0.15, 0.2) is 0 Å². The number of ketones is 1. The van der Waals surface area contributed by atoms with Crippen LogP contribution in [0.5, 0.6) is 0 Å². The van der Waals surface area contributed by atoms with Crippen LogP contribution in [-0.2, 0) is 4.79 Å². The van der Waals surface area contributed by atoms with Gasteiger partial charge in [-0.05, 0) is 19.3 Å². The molecule has 0 aliphatic rings. The Morgan fingerprint density at radius 2 is 1.85 bits per heavy atom. The van der Waals surface area contributed by atoms with E-state index in [9.17, 15) is 4.79 Å². The highest BCUT2D eigenvalue weighted by Crippen LogP contribution is 2.18. The van der Waals surface area contributed by atoms with Crippen molar-refractivity contribution >= 4 is 5.78 Å². The Balaban J connectivity index is 3.32. The van der Waals surface area contributed by atoms with Crippen molar-refractivity contribution in [3.05, 3.63) is 0 Å². The van der Waals surface area contributed by atoms with Crippen LogP contribution in [0, 0.1) is 5.92 Å². The Hall–Kier alpha value is -0.330. The van der Waals surface area contributed by atoms with Gasteiger partial charge in [0.25, 0.3) is 0 Å². The van der Waals surface area contributed by atoms with Crippen molar-refractivity contribution < 1.29 is 4.79 Å². The average Bonchev–Trinajstić information content (AvgIpc) is 2.10. The van der Waals surface area contributed by atoms with E-state index in [1.54, 1.807) is 6.92 Å². The van der Waals surface area contributed by atoms with Gasteiger partial charge in [0.2, 0.25) is 0 Å². The molecule has 0 aliphatic heterocycles.